The summed E-state index contributed by atoms with van der Waals surface area (Å²) in [5.74, 6) is 1.79. The molecule has 0 saturated heterocycles. The molecule has 2 aromatic heterocycles. The molecular weight excluding hydrogens is 406 g/mol. The molecule has 182 valence electrons. The topological polar surface area (TPSA) is 47.9 Å². The molecule has 0 bridgehead atoms. The molecule has 4 nitrogen and oxygen atoms in total. The van der Waals surface area contributed by atoms with Gasteiger partial charge in [-0.2, -0.15) is 0 Å². The number of unbranched alkanes of at least 4 members (excludes halogenated alkanes) is 11. The lowest BCUT2D eigenvalue weighted by Gasteiger charge is -2.07. The third-order valence-corrected chi connectivity index (χ3v) is 6.73. The average molecular weight is 452 g/mol. The fraction of sp³-hybridized carbons (Fsp3) is 0.690. The van der Waals surface area contributed by atoms with Gasteiger partial charge in [-0.15, -0.1) is 0 Å². The molecule has 0 N–H and O–H groups in total. The van der Waals surface area contributed by atoms with Gasteiger partial charge in [-0.05, 0) is 31.2 Å². The number of hydrogen-bond acceptors (Lipinski definition) is 4. The molecule has 3 rings (SSSR count). The first-order valence-electron chi connectivity index (χ1n) is 13.8. The largest absolute Gasteiger partial charge is 0.478 e. The van der Waals surface area contributed by atoms with E-state index < -0.39 is 0 Å². The van der Waals surface area contributed by atoms with Crippen LogP contribution in [0.4, 0.5) is 0 Å². The second-order valence-electron chi connectivity index (χ2n) is 9.85. The number of rotatable bonds is 19. The van der Waals surface area contributed by atoms with Crippen molar-refractivity contribution in [1.82, 2.24) is 15.0 Å². The van der Waals surface area contributed by atoms with E-state index in [2.05, 4.69) is 21.9 Å². The molecule has 0 spiro atoms. The Bertz CT molecular complexity index is 740. The van der Waals surface area contributed by atoms with Crippen LogP contribution >= 0.6 is 0 Å². The van der Waals surface area contributed by atoms with Crippen LogP contribution in [0, 0.1) is 5.92 Å². The van der Waals surface area contributed by atoms with Gasteiger partial charge >= 0.3 is 0 Å². The van der Waals surface area contributed by atoms with Crippen molar-refractivity contribution < 1.29 is 4.74 Å². The minimum atomic E-state index is 0.694. The van der Waals surface area contributed by atoms with E-state index in [1.165, 1.54) is 96.3 Å². The molecule has 0 atom stereocenters. The van der Waals surface area contributed by atoms with Crippen LogP contribution in [0.3, 0.4) is 0 Å². The molecule has 0 aliphatic heterocycles. The maximum atomic E-state index is 5.78. The van der Waals surface area contributed by atoms with Gasteiger partial charge < -0.3 is 4.74 Å². The first kappa shape index (κ1) is 25.6. The van der Waals surface area contributed by atoms with E-state index in [0.29, 0.717) is 5.88 Å². The van der Waals surface area contributed by atoms with Crippen LogP contribution in [-0.4, -0.2) is 21.6 Å². The van der Waals surface area contributed by atoms with E-state index in [0.717, 1.165) is 42.3 Å². The van der Waals surface area contributed by atoms with Crippen LogP contribution in [0.1, 0.15) is 115 Å². The third-order valence-electron chi connectivity index (χ3n) is 6.73. The fourth-order valence-corrected chi connectivity index (χ4v) is 4.34. The zero-order valence-electron chi connectivity index (χ0n) is 20.9. The van der Waals surface area contributed by atoms with Crippen molar-refractivity contribution in [2.75, 3.05) is 6.61 Å². The van der Waals surface area contributed by atoms with Crippen LogP contribution in [0.5, 0.6) is 5.88 Å². The van der Waals surface area contributed by atoms with Gasteiger partial charge in [0.05, 0.1) is 24.2 Å². The van der Waals surface area contributed by atoms with Crippen LogP contribution in [0.25, 0.3) is 11.3 Å². The second-order valence-corrected chi connectivity index (χ2v) is 9.85. The SMILES string of the molecule is CCCCCCCCOc1ccc(-c2cnc(CCCCCCCCCC3CC3)cn2)cn1. The summed E-state index contributed by atoms with van der Waals surface area (Å²) >= 11 is 0. The first-order chi connectivity index (χ1) is 16.3. The number of hydrogen-bond donors (Lipinski definition) is 0. The molecule has 1 fully saturated rings. The number of pyridine rings is 1. The number of aryl methyl sites for hydroxylation is 1. The summed E-state index contributed by atoms with van der Waals surface area (Å²) in [6, 6.07) is 3.96. The van der Waals surface area contributed by atoms with Gasteiger partial charge in [-0.25, -0.2) is 4.98 Å². The summed E-state index contributed by atoms with van der Waals surface area (Å²) in [6.45, 7) is 2.99. The maximum Gasteiger partial charge on any atom is 0.213 e. The normalized spacial score (nSPS) is 13.4. The predicted molar refractivity (Wildman–Crippen MR) is 137 cm³/mol. The molecule has 0 unspecified atom stereocenters. The minimum Gasteiger partial charge on any atom is -0.478 e. The summed E-state index contributed by atoms with van der Waals surface area (Å²) in [5, 5.41) is 0. The van der Waals surface area contributed by atoms with Gasteiger partial charge in [0.15, 0.2) is 0 Å². The summed E-state index contributed by atoms with van der Waals surface area (Å²) in [5.41, 5.74) is 2.96. The second kappa shape index (κ2) is 15.8. The first-order valence-corrected chi connectivity index (χ1v) is 13.8. The van der Waals surface area contributed by atoms with Crippen LogP contribution < -0.4 is 4.74 Å². The molecule has 1 aliphatic carbocycles. The Kier molecular flexibility index (Phi) is 12.3. The van der Waals surface area contributed by atoms with E-state index >= 15 is 0 Å². The standard InChI is InChI=1S/C29H45N3O/c1-2-3-4-5-11-14-21-33-29-20-19-26(22-32-29)28-24-30-27(23-31-28)16-13-10-8-6-7-9-12-15-25-17-18-25/h19-20,22-25H,2-18,21H2,1H3. The van der Waals surface area contributed by atoms with Crippen molar-refractivity contribution in [3.8, 4) is 17.1 Å². The van der Waals surface area contributed by atoms with Crippen LogP contribution in [0.15, 0.2) is 30.7 Å². The number of nitrogens with zero attached hydrogens (tertiary/aromatic N) is 3. The van der Waals surface area contributed by atoms with Gasteiger partial charge in [0.25, 0.3) is 0 Å². The van der Waals surface area contributed by atoms with Gasteiger partial charge in [-0.1, -0.05) is 96.8 Å². The van der Waals surface area contributed by atoms with Crippen molar-refractivity contribution in [3.05, 3.63) is 36.4 Å². The third kappa shape index (κ3) is 11.1. The predicted octanol–water partition coefficient (Wildman–Crippen LogP) is 8.35. The van der Waals surface area contributed by atoms with E-state index in [4.69, 9.17) is 4.74 Å². The number of ether oxygens (including phenoxy) is 1. The summed E-state index contributed by atoms with van der Waals surface area (Å²) < 4.78 is 5.78. The highest BCUT2D eigenvalue weighted by Crippen LogP contribution is 2.34. The molecule has 0 amide bonds. The van der Waals surface area contributed by atoms with Crippen LogP contribution in [0.2, 0.25) is 0 Å². The average Bonchev–Trinajstić information content (AvgIpc) is 3.68. The highest BCUT2D eigenvalue weighted by atomic mass is 16.5. The minimum absolute atomic E-state index is 0.694. The van der Waals surface area contributed by atoms with Gasteiger partial charge in [0.2, 0.25) is 5.88 Å². The van der Waals surface area contributed by atoms with Gasteiger partial charge in [-0.3, -0.25) is 9.97 Å². The smallest absolute Gasteiger partial charge is 0.213 e. The lowest BCUT2D eigenvalue weighted by molar-refractivity contribution is 0.293. The molecule has 1 aliphatic rings. The van der Waals surface area contributed by atoms with Gasteiger partial charge in [0.1, 0.15) is 0 Å². The molecule has 2 heterocycles. The Balaban J connectivity index is 1.25. The molecule has 0 aromatic carbocycles. The fourth-order valence-electron chi connectivity index (χ4n) is 4.34. The lowest BCUT2D eigenvalue weighted by atomic mass is 10.1. The Hall–Kier alpha value is -1.97. The maximum absolute atomic E-state index is 5.78. The zero-order valence-corrected chi connectivity index (χ0v) is 20.9. The van der Waals surface area contributed by atoms with Crippen molar-refractivity contribution in [3.63, 3.8) is 0 Å². The van der Waals surface area contributed by atoms with Crippen molar-refractivity contribution in [2.24, 2.45) is 5.92 Å². The number of aromatic nitrogens is 3. The van der Waals surface area contributed by atoms with Gasteiger partial charge in [0, 0.05) is 24.0 Å². The molecule has 1 saturated carbocycles. The van der Waals surface area contributed by atoms with Crippen molar-refractivity contribution >= 4 is 0 Å². The summed E-state index contributed by atoms with van der Waals surface area (Å²) in [7, 11) is 0. The lowest BCUT2D eigenvalue weighted by Crippen LogP contribution is -1.99. The molecule has 33 heavy (non-hydrogen) atoms. The molecule has 0 radical (unpaired) electrons. The van der Waals surface area contributed by atoms with Crippen molar-refractivity contribution in [2.45, 2.75) is 116 Å². The van der Waals surface area contributed by atoms with Crippen LogP contribution in [-0.2, 0) is 6.42 Å². The van der Waals surface area contributed by atoms with E-state index in [1.807, 2.05) is 30.7 Å². The Morgan fingerprint density at radius 1 is 0.727 bits per heavy atom. The Morgan fingerprint density at radius 3 is 2.12 bits per heavy atom. The van der Waals surface area contributed by atoms with E-state index in [9.17, 15) is 0 Å². The molecule has 2 aromatic rings. The quantitative estimate of drug-likeness (QED) is 0.201. The van der Waals surface area contributed by atoms with E-state index in [1.54, 1.807) is 0 Å². The molecule has 4 heteroatoms. The zero-order chi connectivity index (χ0) is 23.0. The summed E-state index contributed by atoms with van der Waals surface area (Å²) in [4.78, 5) is 13.7. The monoisotopic (exact) mass is 451 g/mol. The highest BCUT2D eigenvalue weighted by Gasteiger charge is 2.19. The Labute approximate surface area is 202 Å². The summed E-state index contributed by atoms with van der Waals surface area (Å²) in [6.07, 6.45) is 28.3. The Morgan fingerprint density at radius 2 is 1.45 bits per heavy atom. The van der Waals surface area contributed by atoms with E-state index in [-0.39, 0.29) is 0 Å². The highest BCUT2D eigenvalue weighted by molar-refractivity contribution is 5.56. The molecular formula is C29H45N3O. The van der Waals surface area contributed by atoms with Crippen molar-refractivity contribution in [1.29, 1.82) is 0 Å².